The molecule has 0 aliphatic carbocycles. The van der Waals surface area contributed by atoms with Crippen LogP contribution in [0.15, 0.2) is 84.9 Å². The zero-order chi connectivity index (χ0) is 23.5. The minimum Gasteiger partial charge on any atom is -0.489 e. The second kappa shape index (κ2) is 12.3. The molecule has 1 atom stereocenters. The van der Waals surface area contributed by atoms with Crippen LogP contribution < -0.4 is 15.4 Å². The Kier molecular flexibility index (Phi) is 8.88. The molecule has 0 spiro atoms. The molecule has 6 heteroatoms. The molecule has 0 radical (unpaired) electrons. The smallest absolute Gasteiger partial charge is 0.408 e. The molecule has 6 nitrogen and oxygen atoms in total. The first-order valence-electron chi connectivity index (χ1n) is 11.0. The third-order valence-electron chi connectivity index (χ3n) is 4.86. The SMILES string of the molecule is CC(C)NC(=O)[C@H](Cc1ccc(OCc2ccccc2)cc1)NC(=O)OCc1ccccc1. The number of carbonyl (C=O) groups is 2. The summed E-state index contributed by atoms with van der Waals surface area (Å²) in [5.74, 6) is 0.479. The summed E-state index contributed by atoms with van der Waals surface area (Å²) in [5.41, 5.74) is 2.86. The Morgan fingerprint density at radius 3 is 1.88 bits per heavy atom. The molecule has 2 amide bonds. The van der Waals surface area contributed by atoms with Gasteiger partial charge in [-0.05, 0) is 42.7 Å². The van der Waals surface area contributed by atoms with Crippen LogP contribution in [0.5, 0.6) is 5.75 Å². The van der Waals surface area contributed by atoms with Gasteiger partial charge in [0, 0.05) is 12.5 Å². The van der Waals surface area contributed by atoms with E-state index in [9.17, 15) is 9.59 Å². The Morgan fingerprint density at radius 2 is 1.30 bits per heavy atom. The molecule has 3 rings (SSSR count). The molecule has 0 heterocycles. The molecule has 0 fully saturated rings. The predicted molar refractivity (Wildman–Crippen MR) is 128 cm³/mol. The van der Waals surface area contributed by atoms with E-state index in [2.05, 4.69) is 10.6 Å². The zero-order valence-electron chi connectivity index (χ0n) is 19.0. The van der Waals surface area contributed by atoms with Crippen molar-refractivity contribution in [2.24, 2.45) is 0 Å². The lowest BCUT2D eigenvalue weighted by Crippen LogP contribution is -2.49. The average Bonchev–Trinajstić information content (AvgIpc) is 2.83. The van der Waals surface area contributed by atoms with Crippen molar-refractivity contribution in [3.8, 4) is 5.75 Å². The highest BCUT2D eigenvalue weighted by atomic mass is 16.5. The number of hydrogen-bond acceptors (Lipinski definition) is 4. The second-order valence-corrected chi connectivity index (χ2v) is 8.04. The third-order valence-corrected chi connectivity index (χ3v) is 4.86. The van der Waals surface area contributed by atoms with Crippen LogP contribution >= 0.6 is 0 Å². The average molecular weight is 447 g/mol. The first kappa shape index (κ1) is 23.9. The molecule has 33 heavy (non-hydrogen) atoms. The monoisotopic (exact) mass is 446 g/mol. The van der Waals surface area contributed by atoms with E-state index in [4.69, 9.17) is 9.47 Å². The van der Waals surface area contributed by atoms with E-state index >= 15 is 0 Å². The molecule has 0 aliphatic rings. The number of carbonyl (C=O) groups excluding carboxylic acids is 2. The van der Waals surface area contributed by atoms with Crippen LogP contribution in [0, 0.1) is 0 Å². The van der Waals surface area contributed by atoms with Crippen LogP contribution in [0.1, 0.15) is 30.5 Å². The Balaban J connectivity index is 1.58. The van der Waals surface area contributed by atoms with Gasteiger partial charge < -0.3 is 20.1 Å². The van der Waals surface area contributed by atoms with E-state index in [1.165, 1.54) is 0 Å². The summed E-state index contributed by atoms with van der Waals surface area (Å²) < 4.78 is 11.1. The summed E-state index contributed by atoms with van der Waals surface area (Å²) in [5, 5.41) is 5.56. The maximum absolute atomic E-state index is 12.7. The maximum Gasteiger partial charge on any atom is 0.408 e. The largest absolute Gasteiger partial charge is 0.489 e. The number of alkyl carbamates (subject to hydrolysis) is 1. The van der Waals surface area contributed by atoms with E-state index in [1.54, 1.807) is 0 Å². The van der Waals surface area contributed by atoms with E-state index in [0.29, 0.717) is 13.0 Å². The van der Waals surface area contributed by atoms with Crippen molar-refractivity contribution < 1.29 is 19.1 Å². The third kappa shape index (κ3) is 8.33. The van der Waals surface area contributed by atoms with Gasteiger partial charge in [-0.3, -0.25) is 4.79 Å². The van der Waals surface area contributed by atoms with Gasteiger partial charge >= 0.3 is 6.09 Å². The van der Waals surface area contributed by atoms with Crippen LogP contribution in [-0.4, -0.2) is 24.1 Å². The Labute approximate surface area is 194 Å². The van der Waals surface area contributed by atoms with Crippen molar-refractivity contribution in [2.75, 3.05) is 0 Å². The van der Waals surface area contributed by atoms with Gasteiger partial charge in [-0.2, -0.15) is 0 Å². The molecular weight excluding hydrogens is 416 g/mol. The molecule has 0 aromatic heterocycles. The minimum atomic E-state index is -0.758. The van der Waals surface area contributed by atoms with Crippen molar-refractivity contribution in [1.82, 2.24) is 10.6 Å². The van der Waals surface area contributed by atoms with Gasteiger partial charge in [0.05, 0.1) is 0 Å². The molecule has 0 aliphatic heterocycles. The topological polar surface area (TPSA) is 76.7 Å². The maximum atomic E-state index is 12.7. The standard InChI is InChI=1S/C27H30N2O4/c1-20(2)28-26(30)25(29-27(31)33-19-23-11-7-4-8-12-23)17-21-13-15-24(16-14-21)32-18-22-9-5-3-6-10-22/h3-16,20,25H,17-19H2,1-2H3,(H,28,30)(H,29,31)/t25-/m0/s1. The molecule has 172 valence electrons. The van der Waals surface area contributed by atoms with Crippen molar-refractivity contribution in [1.29, 1.82) is 0 Å². The van der Waals surface area contributed by atoms with E-state index in [-0.39, 0.29) is 18.6 Å². The van der Waals surface area contributed by atoms with E-state index in [1.807, 2.05) is 98.8 Å². The summed E-state index contributed by atoms with van der Waals surface area (Å²) in [4.78, 5) is 25.0. The van der Waals surface area contributed by atoms with Crippen LogP contribution in [0.2, 0.25) is 0 Å². The van der Waals surface area contributed by atoms with Crippen molar-refractivity contribution in [3.05, 3.63) is 102 Å². The fraction of sp³-hybridized carbons (Fsp3) is 0.259. The molecule has 3 aromatic carbocycles. The van der Waals surface area contributed by atoms with Gasteiger partial charge in [-0.25, -0.2) is 4.79 Å². The first-order valence-corrected chi connectivity index (χ1v) is 11.0. The van der Waals surface area contributed by atoms with Crippen LogP contribution in [0.3, 0.4) is 0 Å². The summed E-state index contributed by atoms with van der Waals surface area (Å²) in [6.45, 7) is 4.37. The van der Waals surface area contributed by atoms with E-state index in [0.717, 1.165) is 22.4 Å². The quantitative estimate of drug-likeness (QED) is 0.476. The van der Waals surface area contributed by atoms with E-state index < -0.39 is 12.1 Å². The molecule has 3 aromatic rings. The molecular formula is C27H30N2O4. The van der Waals surface area contributed by atoms with Gasteiger partial charge in [0.1, 0.15) is 25.0 Å². The highest BCUT2D eigenvalue weighted by Gasteiger charge is 2.22. The number of benzene rings is 3. The summed E-state index contributed by atoms with van der Waals surface area (Å²) in [6, 6.07) is 26.0. The van der Waals surface area contributed by atoms with Gasteiger partial charge in [0.25, 0.3) is 0 Å². The van der Waals surface area contributed by atoms with Gasteiger partial charge in [-0.15, -0.1) is 0 Å². The molecule has 0 unspecified atom stereocenters. The van der Waals surface area contributed by atoms with Crippen molar-refractivity contribution in [2.45, 2.75) is 45.6 Å². The Morgan fingerprint density at radius 1 is 0.727 bits per heavy atom. The molecule has 2 N–H and O–H groups in total. The highest BCUT2D eigenvalue weighted by molar-refractivity contribution is 5.86. The fourth-order valence-corrected chi connectivity index (χ4v) is 3.20. The van der Waals surface area contributed by atoms with Gasteiger partial charge in [0.2, 0.25) is 5.91 Å². The first-order chi connectivity index (χ1) is 16.0. The summed E-state index contributed by atoms with van der Waals surface area (Å²) >= 11 is 0. The Bertz CT molecular complexity index is 1010. The van der Waals surface area contributed by atoms with Gasteiger partial charge in [0.15, 0.2) is 0 Å². The van der Waals surface area contributed by atoms with Crippen LogP contribution in [0.4, 0.5) is 4.79 Å². The van der Waals surface area contributed by atoms with Crippen molar-refractivity contribution >= 4 is 12.0 Å². The summed E-state index contributed by atoms with van der Waals surface area (Å²) in [7, 11) is 0. The minimum absolute atomic E-state index is 0.0455. The highest BCUT2D eigenvalue weighted by Crippen LogP contribution is 2.16. The number of ether oxygens (including phenoxy) is 2. The molecule has 0 saturated carbocycles. The molecule has 0 saturated heterocycles. The molecule has 0 bridgehead atoms. The number of nitrogens with one attached hydrogen (secondary N) is 2. The van der Waals surface area contributed by atoms with Crippen LogP contribution in [-0.2, 0) is 29.2 Å². The van der Waals surface area contributed by atoms with Crippen molar-refractivity contribution in [3.63, 3.8) is 0 Å². The Hall–Kier alpha value is -3.80. The number of rotatable bonds is 10. The fourth-order valence-electron chi connectivity index (χ4n) is 3.20. The zero-order valence-corrected chi connectivity index (χ0v) is 19.0. The number of hydrogen-bond donors (Lipinski definition) is 2. The lowest BCUT2D eigenvalue weighted by Gasteiger charge is -2.20. The predicted octanol–water partition coefficient (Wildman–Crippen LogP) is 4.63. The van der Waals surface area contributed by atoms with Crippen LogP contribution in [0.25, 0.3) is 0 Å². The lowest BCUT2D eigenvalue weighted by atomic mass is 10.0. The second-order valence-electron chi connectivity index (χ2n) is 8.04. The normalized spacial score (nSPS) is 11.5. The van der Waals surface area contributed by atoms with Gasteiger partial charge in [-0.1, -0.05) is 72.8 Å². The summed E-state index contributed by atoms with van der Waals surface area (Å²) in [6.07, 6.45) is -0.302. The number of amides is 2. The lowest BCUT2D eigenvalue weighted by molar-refractivity contribution is -0.123.